The van der Waals surface area contributed by atoms with Crippen LogP contribution in [0.5, 0.6) is 0 Å². The number of fused-ring (bicyclic) bond motifs is 2. The monoisotopic (exact) mass is 348 g/mol. The number of nitrogens with one attached hydrogen (secondary N) is 2. The number of hydrogen-bond acceptors (Lipinski definition) is 3. The van der Waals surface area contributed by atoms with Crippen molar-refractivity contribution in [1.29, 1.82) is 0 Å². The number of benzene rings is 2. The average Bonchev–Trinajstić information content (AvgIpc) is 3.05. The number of para-hydroxylation sites is 2. The molecule has 2 aromatic carbocycles. The largest absolute Gasteiger partial charge is 0.459 e. The Morgan fingerprint density at radius 2 is 1.92 bits per heavy atom. The van der Waals surface area contributed by atoms with Crippen molar-refractivity contribution in [2.45, 2.75) is 32.2 Å². The third-order valence-corrected chi connectivity index (χ3v) is 5.11. The molecule has 2 heterocycles. The van der Waals surface area contributed by atoms with E-state index in [1.165, 1.54) is 5.56 Å². The number of rotatable bonds is 5. The van der Waals surface area contributed by atoms with Gasteiger partial charge in [-0.1, -0.05) is 50.2 Å². The summed E-state index contributed by atoms with van der Waals surface area (Å²) in [5.41, 5.74) is 3.05. The SMILES string of the molecule is CC(C)[C@@H](NC[C@H]1CC(=O)Nc2ccccc21)c1cc2ccccc2o1. The summed E-state index contributed by atoms with van der Waals surface area (Å²) in [6, 6.07) is 18.4. The highest BCUT2D eigenvalue weighted by molar-refractivity contribution is 5.94. The molecule has 1 aliphatic heterocycles. The molecule has 1 aliphatic rings. The van der Waals surface area contributed by atoms with Crippen LogP contribution in [0.25, 0.3) is 11.0 Å². The van der Waals surface area contributed by atoms with Gasteiger partial charge in [-0.2, -0.15) is 0 Å². The molecule has 0 fully saturated rings. The Balaban J connectivity index is 1.55. The molecular formula is C22H24N2O2. The van der Waals surface area contributed by atoms with Crippen molar-refractivity contribution in [3.05, 3.63) is 65.9 Å². The zero-order valence-corrected chi connectivity index (χ0v) is 15.2. The molecule has 4 heteroatoms. The van der Waals surface area contributed by atoms with E-state index in [1.54, 1.807) is 0 Å². The number of furan rings is 1. The average molecular weight is 348 g/mol. The fourth-order valence-electron chi connectivity index (χ4n) is 3.77. The van der Waals surface area contributed by atoms with E-state index in [2.05, 4.69) is 42.7 Å². The highest BCUT2D eigenvalue weighted by atomic mass is 16.3. The lowest BCUT2D eigenvalue weighted by molar-refractivity contribution is -0.116. The summed E-state index contributed by atoms with van der Waals surface area (Å²) in [6.07, 6.45) is 0.509. The van der Waals surface area contributed by atoms with E-state index in [-0.39, 0.29) is 17.9 Å². The highest BCUT2D eigenvalue weighted by Crippen LogP contribution is 2.33. The summed E-state index contributed by atoms with van der Waals surface area (Å²) < 4.78 is 6.08. The standard InChI is InChI=1S/C22H24N2O2/c1-14(2)22(20-11-15-7-3-6-10-19(15)26-20)23-13-16-12-21(25)24-18-9-5-4-8-17(16)18/h3-11,14,16,22-23H,12-13H2,1-2H3,(H,24,25)/t16-,22-/m1/s1. The number of amides is 1. The zero-order chi connectivity index (χ0) is 18.1. The van der Waals surface area contributed by atoms with Gasteiger partial charge in [-0.3, -0.25) is 4.79 Å². The van der Waals surface area contributed by atoms with Gasteiger partial charge in [0.15, 0.2) is 0 Å². The van der Waals surface area contributed by atoms with Gasteiger partial charge in [-0.05, 0) is 29.7 Å². The van der Waals surface area contributed by atoms with E-state index in [1.807, 2.05) is 36.4 Å². The van der Waals surface area contributed by atoms with E-state index in [4.69, 9.17) is 4.42 Å². The van der Waals surface area contributed by atoms with E-state index < -0.39 is 0 Å². The van der Waals surface area contributed by atoms with E-state index in [9.17, 15) is 4.79 Å². The third kappa shape index (κ3) is 3.25. The van der Waals surface area contributed by atoms with Gasteiger partial charge in [0.1, 0.15) is 11.3 Å². The van der Waals surface area contributed by atoms with Crippen molar-refractivity contribution >= 4 is 22.6 Å². The molecule has 4 nitrogen and oxygen atoms in total. The Hall–Kier alpha value is -2.59. The fourth-order valence-corrected chi connectivity index (χ4v) is 3.77. The first-order valence-electron chi connectivity index (χ1n) is 9.22. The second kappa shape index (κ2) is 6.96. The molecule has 4 rings (SSSR count). The van der Waals surface area contributed by atoms with Crippen molar-refractivity contribution in [1.82, 2.24) is 5.32 Å². The Labute approximate surface area is 153 Å². The third-order valence-electron chi connectivity index (χ3n) is 5.11. The maximum absolute atomic E-state index is 12.0. The quantitative estimate of drug-likeness (QED) is 0.693. The molecule has 0 bridgehead atoms. The fraction of sp³-hybridized carbons (Fsp3) is 0.318. The minimum absolute atomic E-state index is 0.0836. The summed E-state index contributed by atoms with van der Waals surface area (Å²) in [4.78, 5) is 12.0. The van der Waals surface area contributed by atoms with E-state index in [0.29, 0.717) is 12.3 Å². The molecular weight excluding hydrogens is 324 g/mol. The summed E-state index contributed by atoms with van der Waals surface area (Å²) >= 11 is 0. The molecule has 0 saturated heterocycles. The lowest BCUT2D eigenvalue weighted by atomic mass is 9.89. The van der Waals surface area contributed by atoms with Crippen LogP contribution in [0.15, 0.2) is 59.0 Å². The normalized spacial score (nSPS) is 18.0. The molecule has 0 radical (unpaired) electrons. The maximum atomic E-state index is 12.0. The van der Waals surface area contributed by atoms with Crippen LogP contribution in [-0.4, -0.2) is 12.5 Å². The van der Waals surface area contributed by atoms with Gasteiger partial charge >= 0.3 is 0 Å². The molecule has 0 saturated carbocycles. The van der Waals surface area contributed by atoms with Gasteiger partial charge in [0.25, 0.3) is 0 Å². The van der Waals surface area contributed by atoms with Gasteiger partial charge in [0.2, 0.25) is 5.91 Å². The second-order valence-electron chi connectivity index (χ2n) is 7.35. The molecule has 2 atom stereocenters. The van der Waals surface area contributed by atoms with Crippen molar-refractivity contribution in [2.24, 2.45) is 5.92 Å². The highest BCUT2D eigenvalue weighted by Gasteiger charge is 2.27. The van der Waals surface area contributed by atoms with Crippen molar-refractivity contribution in [3.8, 4) is 0 Å². The summed E-state index contributed by atoms with van der Waals surface area (Å²) in [7, 11) is 0. The van der Waals surface area contributed by atoms with Crippen LogP contribution < -0.4 is 10.6 Å². The summed E-state index contributed by atoms with van der Waals surface area (Å²) in [5.74, 6) is 1.59. The number of anilines is 1. The second-order valence-corrected chi connectivity index (χ2v) is 7.35. The smallest absolute Gasteiger partial charge is 0.225 e. The topological polar surface area (TPSA) is 54.3 Å². The van der Waals surface area contributed by atoms with Gasteiger partial charge < -0.3 is 15.1 Å². The van der Waals surface area contributed by atoms with Crippen LogP contribution in [0.2, 0.25) is 0 Å². The van der Waals surface area contributed by atoms with Crippen molar-refractivity contribution < 1.29 is 9.21 Å². The first-order valence-corrected chi connectivity index (χ1v) is 9.22. The molecule has 3 aromatic rings. The molecule has 2 N–H and O–H groups in total. The van der Waals surface area contributed by atoms with Crippen LogP contribution in [-0.2, 0) is 4.79 Å². The Kier molecular flexibility index (Phi) is 4.51. The predicted molar refractivity (Wildman–Crippen MR) is 104 cm³/mol. The summed E-state index contributed by atoms with van der Waals surface area (Å²) in [5, 5.41) is 7.74. The van der Waals surface area contributed by atoms with Crippen molar-refractivity contribution in [3.63, 3.8) is 0 Å². The van der Waals surface area contributed by atoms with Gasteiger partial charge in [-0.25, -0.2) is 0 Å². The Bertz CT molecular complexity index is 896. The number of hydrogen-bond donors (Lipinski definition) is 2. The minimum atomic E-state index is 0.0836. The molecule has 134 valence electrons. The molecule has 0 unspecified atom stereocenters. The molecule has 1 aromatic heterocycles. The maximum Gasteiger partial charge on any atom is 0.225 e. The summed E-state index contributed by atoms with van der Waals surface area (Å²) in [6.45, 7) is 5.11. The molecule has 0 spiro atoms. The zero-order valence-electron chi connectivity index (χ0n) is 15.2. The number of carbonyl (C=O) groups excluding carboxylic acids is 1. The van der Waals surface area contributed by atoms with Gasteiger partial charge in [0, 0.05) is 30.0 Å². The Morgan fingerprint density at radius 3 is 2.73 bits per heavy atom. The van der Waals surface area contributed by atoms with Gasteiger partial charge in [-0.15, -0.1) is 0 Å². The Morgan fingerprint density at radius 1 is 1.15 bits per heavy atom. The lowest BCUT2D eigenvalue weighted by Gasteiger charge is -2.28. The van der Waals surface area contributed by atoms with E-state index >= 15 is 0 Å². The van der Waals surface area contributed by atoms with Crippen molar-refractivity contribution in [2.75, 3.05) is 11.9 Å². The predicted octanol–water partition coefficient (Wildman–Crippen LogP) is 4.85. The van der Waals surface area contributed by atoms with Crippen LogP contribution >= 0.6 is 0 Å². The van der Waals surface area contributed by atoms with Crippen LogP contribution in [0.1, 0.15) is 43.6 Å². The van der Waals surface area contributed by atoms with Crippen LogP contribution in [0, 0.1) is 5.92 Å². The van der Waals surface area contributed by atoms with E-state index in [0.717, 1.165) is 29.0 Å². The first kappa shape index (κ1) is 16.9. The van der Waals surface area contributed by atoms with Crippen LogP contribution in [0.3, 0.4) is 0 Å². The molecule has 0 aliphatic carbocycles. The first-order chi connectivity index (χ1) is 12.6. The van der Waals surface area contributed by atoms with Gasteiger partial charge in [0.05, 0.1) is 6.04 Å². The minimum Gasteiger partial charge on any atom is -0.459 e. The van der Waals surface area contributed by atoms with Crippen LogP contribution in [0.4, 0.5) is 5.69 Å². The number of carbonyl (C=O) groups is 1. The molecule has 1 amide bonds. The molecule has 26 heavy (non-hydrogen) atoms. The lowest BCUT2D eigenvalue weighted by Crippen LogP contribution is -2.33.